The monoisotopic (exact) mass is 502 g/mol. The van der Waals surface area contributed by atoms with Crippen LogP contribution in [0.2, 0.25) is 0 Å². The number of aromatic nitrogens is 1. The van der Waals surface area contributed by atoms with E-state index in [4.69, 9.17) is 14.6 Å². The van der Waals surface area contributed by atoms with Crippen molar-refractivity contribution in [1.82, 2.24) is 4.98 Å². The third-order valence-electron chi connectivity index (χ3n) is 4.04. The number of halogens is 1. The van der Waals surface area contributed by atoms with Crippen LogP contribution in [0.3, 0.4) is 0 Å². The number of amides is 1. The second kappa shape index (κ2) is 10.7. The Morgan fingerprint density at radius 3 is 2.68 bits per heavy atom. The molecular weight excluding hydrogens is 484 g/mol. The fourth-order valence-electron chi connectivity index (χ4n) is 2.57. The van der Waals surface area contributed by atoms with Gasteiger partial charge in [-0.1, -0.05) is 34.1 Å². The molecule has 0 radical (unpaired) electrons. The number of carbonyl (C=O) groups is 2. The van der Waals surface area contributed by atoms with Crippen molar-refractivity contribution < 1.29 is 24.2 Å². The van der Waals surface area contributed by atoms with Gasteiger partial charge in [-0.3, -0.25) is 14.9 Å². The lowest BCUT2D eigenvalue weighted by molar-refractivity contribution is -0.136. The topological polar surface area (TPSA) is 97.8 Å². The van der Waals surface area contributed by atoms with Gasteiger partial charge >= 0.3 is 5.97 Å². The average Bonchev–Trinajstić information content (AvgIpc) is 3.18. The fourth-order valence-corrected chi connectivity index (χ4v) is 3.55. The zero-order valence-electron chi connectivity index (χ0n) is 16.5. The van der Waals surface area contributed by atoms with Gasteiger partial charge < -0.3 is 14.6 Å². The van der Waals surface area contributed by atoms with Crippen molar-refractivity contribution in [2.75, 3.05) is 12.4 Å². The summed E-state index contributed by atoms with van der Waals surface area (Å²) >= 11 is 4.58. The van der Waals surface area contributed by atoms with E-state index >= 15 is 0 Å². The third-order valence-corrected chi connectivity index (χ3v) is 5.37. The molecule has 3 rings (SSSR count). The Kier molecular flexibility index (Phi) is 7.80. The van der Waals surface area contributed by atoms with E-state index < -0.39 is 5.97 Å². The van der Waals surface area contributed by atoms with E-state index in [0.717, 1.165) is 15.6 Å². The van der Waals surface area contributed by atoms with Crippen LogP contribution in [-0.4, -0.2) is 29.1 Å². The van der Waals surface area contributed by atoms with Crippen LogP contribution in [-0.2, 0) is 22.6 Å². The van der Waals surface area contributed by atoms with Crippen LogP contribution in [0.15, 0.2) is 58.4 Å². The Hall–Kier alpha value is -3.17. The maximum atomic E-state index is 12.1. The summed E-state index contributed by atoms with van der Waals surface area (Å²) in [4.78, 5) is 26.9. The Morgan fingerprint density at radius 2 is 1.97 bits per heavy atom. The van der Waals surface area contributed by atoms with E-state index in [2.05, 4.69) is 26.2 Å². The number of hydrogen-bond donors (Lipinski definition) is 2. The summed E-state index contributed by atoms with van der Waals surface area (Å²) in [5.74, 6) is -0.189. The van der Waals surface area contributed by atoms with E-state index in [-0.39, 0.29) is 12.3 Å². The zero-order valence-corrected chi connectivity index (χ0v) is 18.9. The summed E-state index contributed by atoms with van der Waals surface area (Å²) in [5.41, 5.74) is 2.19. The summed E-state index contributed by atoms with van der Waals surface area (Å²) in [6, 6.07) is 13.2. The summed E-state index contributed by atoms with van der Waals surface area (Å²) in [6.07, 6.45) is 2.83. The second-order valence-electron chi connectivity index (χ2n) is 6.36. The Labute approximate surface area is 191 Å². The summed E-state index contributed by atoms with van der Waals surface area (Å²) in [5, 5.41) is 13.3. The van der Waals surface area contributed by atoms with Gasteiger partial charge in [-0.2, -0.15) is 0 Å². The van der Waals surface area contributed by atoms with Gasteiger partial charge in [0.25, 0.3) is 0 Å². The predicted molar refractivity (Wildman–Crippen MR) is 123 cm³/mol. The van der Waals surface area contributed by atoms with Crippen molar-refractivity contribution in [1.29, 1.82) is 0 Å². The first-order chi connectivity index (χ1) is 14.9. The first-order valence-electron chi connectivity index (χ1n) is 9.13. The van der Waals surface area contributed by atoms with Gasteiger partial charge in [0.15, 0.2) is 16.6 Å². The zero-order chi connectivity index (χ0) is 22.2. The number of benzene rings is 2. The molecule has 0 atom stereocenters. The molecule has 0 aliphatic carbocycles. The number of carbonyl (C=O) groups excluding carboxylic acids is 1. The van der Waals surface area contributed by atoms with Crippen LogP contribution in [0.5, 0.6) is 11.5 Å². The Balaban J connectivity index is 1.59. The molecule has 1 heterocycles. The molecule has 0 saturated carbocycles. The molecule has 0 spiro atoms. The minimum atomic E-state index is -0.971. The number of nitrogens with one attached hydrogen (secondary N) is 1. The lowest BCUT2D eigenvalue weighted by Gasteiger charge is -2.11. The number of ether oxygens (including phenoxy) is 2. The molecule has 0 fully saturated rings. The number of methoxy groups -OCH3 is 1. The normalized spacial score (nSPS) is 10.8. The lowest BCUT2D eigenvalue weighted by Crippen LogP contribution is -2.08. The van der Waals surface area contributed by atoms with E-state index in [1.54, 1.807) is 30.7 Å². The summed E-state index contributed by atoms with van der Waals surface area (Å²) in [7, 11) is 1.55. The van der Waals surface area contributed by atoms with Crippen LogP contribution in [0.1, 0.15) is 16.8 Å². The van der Waals surface area contributed by atoms with E-state index in [0.29, 0.717) is 28.9 Å². The smallest absolute Gasteiger partial charge is 0.309 e. The molecular formula is C22H19BrN2O5S. The highest BCUT2D eigenvalue weighted by molar-refractivity contribution is 9.10. The molecule has 2 aromatic carbocycles. The number of carboxylic acids is 1. The Morgan fingerprint density at radius 1 is 1.19 bits per heavy atom. The molecule has 1 aromatic heterocycles. The van der Waals surface area contributed by atoms with Crippen LogP contribution in [0.4, 0.5) is 5.13 Å². The van der Waals surface area contributed by atoms with Gasteiger partial charge in [-0.05, 0) is 41.5 Å². The third kappa shape index (κ3) is 6.94. The number of carboxylic acid groups (broad SMARTS) is 1. The SMILES string of the molecule is COc1cc(/C=C/C(=O)Nc2nc(CC(=O)O)cs2)ccc1OCc1ccc(Br)cc1. The highest BCUT2D eigenvalue weighted by Crippen LogP contribution is 2.29. The molecule has 0 aliphatic heterocycles. The molecule has 1 amide bonds. The number of aliphatic carboxylic acids is 1. The molecule has 0 bridgehead atoms. The number of hydrogen-bond acceptors (Lipinski definition) is 6. The largest absolute Gasteiger partial charge is 0.493 e. The van der Waals surface area contributed by atoms with Crippen LogP contribution in [0.25, 0.3) is 6.08 Å². The molecule has 0 aliphatic rings. The number of anilines is 1. The number of thiazole rings is 1. The maximum Gasteiger partial charge on any atom is 0.309 e. The highest BCUT2D eigenvalue weighted by Gasteiger charge is 2.08. The van der Waals surface area contributed by atoms with Gasteiger partial charge in [-0.25, -0.2) is 4.98 Å². The first-order valence-corrected chi connectivity index (χ1v) is 10.8. The van der Waals surface area contributed by atoms with Crippen molar-refractivity contribution in [3.05, 3.63) is 75.2 Å². The molecule has 0 unspecified atom stereocenters. The van der Waals surface area contributed by atoms with Gasteiger partial charge in [0.1, 0.15) is 6.61 Å². The van der Waals surface area contributed by atoms with E-state index in [9.17, 15) is 9.59 Å². The molecule has 9 heteroatoms. The van der Waals surface area contributed by atoms with Crippen LogP contribution < -0.4 is 14.8 Å². The average molecular weight is 503 g/mol. The van der Waals surface area contributed by atoms with E-state index in [1.165, 1.54) is 17.4 Å². The Bertz CT molecular complexity index is 1100. The quantitative estimate of drug-likeness (QED) is 0.409. The predicted octanol–water partition coefficient (Wildman–Crippen LogP) is 4.77. The molecule has 160 valence electrons. The van der Waals surface area contributed by atoms with Gasteiger partial charge in [0, 0.05) is 15.9 Å². The van der Waals surface area contributed by atoms with Crippen molar-refractivity contribution in [3.63, 3.8) is 0 Å². The molecule has 31 heavy (non-hydrogen) atoms. The lowest BCUT2D eigenvalue weighted by atomic mass is 10.2. The van der Waals surface area contributed by atoms with Gasteiger partial charge in [-0.15, -0.1) is 11.3 Å². The first kappa shape index (κ1) is 22.5. The molecule has 3 aromatic rings. The molecule has 0 saturated heterocycles. The van der Waals surface area contributed by atoms with Gasteiger partial charge in [0.2, 0.25) is 5.91 Å². The maximum absolute atomic E-state index is 12.1. The number of nitrogens with zero attached hydrogens (tertiary/aromatic N) is 1. The number of rotatable bonds is 9. The van der Waals surface area contributed by atoms with Crippen LogP contribution >= 0.6 is 27.3 Å². The molecule has 2 N–H and O–H groups in total. The summed E-state index contributed by atoms with van der Waals surface area (Å²) in [6.45, 7) is 0.402. The van der Waals surface area contributed by atoms with Crippen molar-refractivity contribution in [2.45, 2.75) is 13.0 Å². The van der Waals surface area contributed by atoms with Crippen molar-refractivity contribution in [2.24, 2.45) is 0 Å². The minimum absolute atomic E-state index is 0.182. The fraction of sp³-hybridized carbons (Fsp3) is 0.136. The van der Waals surface area contributed by atoms with Crippen molar-refractivity contribution in [3.8, 4) is 11.5 Å². The minimum Gasteiger partial charge on any atom is -0.493 e. The van der Waals surface area contributed by atoms with Crippen LogP contribution in [0, 0.1) is 0 Å². The summed E-state index contributed by atoms with van der Waals surface area (Å²) < 4.78 is 12.3. The van der Waals surface area contributed by atoms with Gasteiger partial charge in [0.05, 0.1) is 19.2 Å². The standard InChI is InChI=1S/C22H19BrN2O5S/c1-29-19-10-14(4-8-18(19)30-12-15-2-6-16(23)7-3-15)5-9-20(26)25-22-24-17(13-31-22)11-21(27)28/h2-10,13H,11-12H2,1H3,(H,27,28)(H,24,25,26)/b9-5+. The molecule has 7 nitrogen and oxygen atoms in total. The second-order valence-corrected chi connectivity index (χ2v) is 8.14. The van der Waals surface area contributed by atoms with E-state index in [1.807, 2.05) is 30.3 Å². The van der Waals surface area contributed by atoms with Crippen molar-refractivity contribution >= 4 is 50.4 Å². The highest BCUT2D eigenvalue weighted by atomic mass is 79.9.